The SMILES string of the molecule is COc1cc(/C=c2\sc3nc(-c4ccco4)nn3c2=O)ccc1OCc1ccccc1. The van der Waals surface area contributed by atoms with Crippen molar-refractivity contribution < 1.29 is 13.9 Å². The van der Waals surface area contributed by atoms with Crippen LogP contribution < -0.4 is 19.6 Å². The first-order chi connectivity index (χ1) is 15.2. The van der Waals surface area contributed by atoms with E-state index in [2.05, 4.69) is 10.1 Å². The highest BCUT2D eigenvalue weighted by molar-refractivity contribution is 7.15. The third-order valence-electron chi connectivity index (χ3n) is 4.65. The van der Waals surface area contributed by atoms with Gasteiger partial charge in [0.25, 0.3) is 5.56 Å². The van der Waals surface area contributed by atoms with Gasteiger partial charge in [0.2, 0.25) is 10.8 Å². The number of furan rings is 1. The van der Waals surface area contributed by atoms with Crippen LogP contribution in [0.1, 0.15) is 11.1 Å². The number of aromatic nitrogens is 3. The van der Waals surface area contributed by atoms with Crippen LogP contribution in [0.4, 0.5) is 0 Å². The van der Waals surface area contributed by atoms with Crippen LogP contribution in [-0.4, -0.2) is 21.7 Å². The van der Waals surface area contributed by atoms with Gasteiger partial charge in [-0.05, 0) is 41.5 Å². The van der Waals surface area contributed by atoms with Gasteiger partial charge in [0.05, 0.1) is 17.9 Å². The molecule has 0 amide bonds. The highest BCUT2D eigenvalue weighted by atomic mass is 32.1. The average Bonchev–Trinajstić information content (AvgIpc) is 3.52. The Kier molecular flexibility index (Phi) is 4.97. The smallest absolute Gasteiger partial charge is 0.291 e. The fraction of sp³-hybridized carbons (Fsp3) is 0.0870. The predicted molar refractivity (Wildman–Crippen MR) is 117 cm³/mol. The quantitative estimate of drug-likeness (QED) is 0.409. The van der Waals surface area contributed by atoms with Crippen LogP contribution in [0.2, 0.25) is 0 Å². The zero-order valence-corrected chi connectivity index (χ0v) is 17.3. The van der Waals surface area contributed by atoms with Gasteiger partial charge in [-0.25, -0.2) is 0 Å². The summed E-state index contributed by atoms with van der Waals surface area (Å²) in [4.78, 5) is 17.7. The molecule has 0 N–H and O–H groups in total. The lowest BCUT2D eigenvalue weighted by molar-refractivity contribution is 0.284. The van der Waals surface area contributed by atoms with Gasteiger partial charge in [0.15, 0.2) is 17.3 Å². The van der Waals surface area contributed by atoms with E-state index in [4.69, 9.17) is 13.9 Å². The molecule has 8 heteroatoms. The van der Waals surface area contributed by atoms with Gasteiger partial charge in [-0.15, -0.1) is 5.10 Å². The van der Waals surface area contributed by atoms with E-state index in [0.29, 0.717) is 39.2 Å². The second kappa shape index (κ2) is 8.08. The Morgan fingerprint density at radius 3 is 2.71 bits per heavy atom. The molecule has 0 bridgehead atoms. The van der Waals surface area contributed by atoms with Crippen LogP contribution in [0.15, 0.2) is 76.1 Å². The molecule has 0 spiro atoms. The number of nitrogens with zero attached hydrogens (tertiary/aromatic N) is 3. The number of hydrogen-bond acceptors (Lipinski definition) is 7. The lowest BCUT2D eigenvalue weighted by Crippen LogP contribution is -2.23. The zero-order chi connectivity index (χ0) is 21.2. The maximum Gasteiger partial charge on any atom is 0.291 e. The number of ether oxygens (including phenoxy) is 2. The highest BCUT2D eigenvalue weighted by Crippen LogP contribution is 2.29. The minimum absolute atomic E-state index is 0.228. The van der Waals surface area contributed by atoms with E-state index in [0.717, 1.165) is 11.1 Å². The summed E-state index contributed by atoms with van der Waals surface area (Å²) < 4.78 is 18.5. The number of benzene rings is 2. The predicted octanol–water partition coefficient (Wildman–Crippen LogP) is 3.55. The van der Waals surface area contributed by atoms with Crippen LogP contribution in [0.5, 0.6) is 11.5 Å². The second-order valence-electron chi connectivity index (χ2n) is 6.71. The van der Waals surface area contributed by atoms with E-state index in [1.54, 1.807) is 31.6 Å². The molecule has 0 radical (unpaired) electrons. The molecule has 0 aliphatic carbocycles. The summed E-state index contributed by atoms with van der Waals surface area (Å²) in [6.07, 6.45) is 3.34. The Balaban J connectivity index is 1.43. The molecule has 0 aliphatic rings. The molecule has 0 fully saturated rings. The van der Waals surface area contributed by atoms with Crippen molar-refractivity contribution >= 4 is 22.4 Å². The molecule has 154 valence electrons. The summed E-state index contributed by atoms with van der Waals surface area (Å²) in [6.45, 7) is 0.441. The van der Waals surface area contributed by atoms with Gasteiger partial charge in [-0.1, -0.05) is 47.7 Å². The Hall–Kier alpha value is -3.91. The lowest BCUT2D eigenvalue weighted by Gasteiger charge is -2.11. The van der Waals surface area contributed by atoms with E-state index in [-0.39, 0.29) is 5.56 Å². The fourth-order valence-electron chi connectivity index (χ4n) is 3.12. The summed E-state index contributed by atoms with van der Waals surface area (Å²) in [7, 11) is 1.59. The van der Waals surface area contributed by atoms with Gasteiger partial charge < -0.3 is 13.9 Å². The number of methoxy groups -OCH3 is 1. The monoisotopic (exact) mass is 431 g/mol. The van der Waals surface area contributed by atoms with Crippen molar-refractivity contribution in [3.8, 4) is 23.1 Å². The maximum absolute atomic E-state index is 12.7. The lowest BCUT2D eigenvalue weighted by atomic mass is 10.2. The fourth-order valence-corrected chi connectivity index (χ4v) is 4.03. The van der Waals surface area contributed by atoms with Crippen LogP contribution in [0, 0.1) is 0 Å². The summed E-state index contributed by atoms with van der Waals surface area (Å²) in [6, 6.07) is 19.0. The van der Waals surface area contributed by atoms with Crippen molar-refractivity contribution in [1.29, 1.82) is 0 Å². The summed E-state index contributed by atoms with van der Waals surface area (Å²) >= 11 is 1.27. The molecule has 0 aliphatic heterocycles. The zero-order valence-electron chi connectivity index (χ0n) is 16.5. The topological polar surface area (TPSA) is 78.9 Å². The molecule has 2 aromatic carbocycles. The minimum atomic E-state index is -0.228. The van der Waals surface area contributed by atoms with Gasteiger partial charge in [0, 0.05) is 0 Å². The molecule has 0 saturated carbocycles. The molecule has 0 unspecified atom stereocenters. The van der Waals surface area contributed by atoms with Crippen LogP contribution in [0.3, 0.4) is 0 Å². The molecule has 0 atom stereocenters. The van der Waals surface area contributed by atoms with E-state index in [1.165, 1.54) is 15.9 Å². The van der Waals surface area contributed by atoms with Crippen molar-refractivity contribution in [3.63, 3.8) is 0 Å². The van der Waals surface area contributed by atoms with E-state index in [9.17, 15) is 4.79 Å². The normalized spacial score (nSPS) is 11.8. The summed E-state index contributed by atoms with van der Waals surface area (Å²) in [5, 5.41) is 4.26. The molecule has 5 rings (SSSR count). The number of fused-ring (bicyclic) bond motifs is 1. The Morgan fingerprint density at radius 1 is 1.10 bits per heavy atom. The molecule has 3 aromatic heterocycles. The first kappa shape index (κ1) is 19.1. The summed E-state index contributed by atoms with van der Waals surface area (Å²) in [5.41, 5.74) is 1.66. The highest BCUT2D eigenvalue weighted by Gasteiger charge is 2.14. The molecule has 31 heavy (non-hydrogen) atoms. The van der Waals surface area contributed by atoms with Crippen molar-refractivity contribution in [2.75, 3.05) is 7.11 Å². The van der Waals surface area contributed by atoms with Gasteiger partial charge in [-0.2, -0.15) is 9.50 Å². The van der Waals surface area contributed by atoms with Crippen molar-refractivity contribution in [2.45, 2.75) is 6.61 Å². The first-order valence-corrected chi connectivity index (χ1v) is 10.3. The van der Waals surface area contributed by atoms with Crippen LogP contribution in [-0.2, 0) is 6.61 Å². The van der Waals surface area contributed by atoms with E-state index >= 15 is 0 Å². The van der Waals surface area contributed by atoms with E-state index in [1.807, 2.05) is 48.5 Å². The molecule has 7 nitrogen and oxygen atoms in total. The number of thiazole rings is 1. The Morgan fingerprint density at radius 2 is 1.97 bits per heavy atom. The van der Waals surface area contributed by atoms with Crippen molar-refractivity contribution in [1.82, 2.24) is 14.6 Å². The van der Waals surface area contributed by atoms with Crippen molar-refractivity contribution in [3.05, 3.63) is 92.9 Å². The van der Waals surface area contributed by atoms with Crippen LogP contribution >= 0.6 is 11.3 Å². The average molecular weight is 431 g/mol. The third kappa shape index (κ3) is 3.80. The Bertz CT molecular complexity index is 1440. The molecule has 0 saturated heterocycles. The molecule has 5 aromatic rings. The number of hydrogen-bond donors (Lipinski definition) is 0. The molecular formula is C23H17N3O4S. The Labute approximate surface area is 180 Å². The van der Waals surface area contributed by atoms with Crippen LogP contribution in [0.25, 0.3) is 22.6 Å². The largest absolute Gasteiger partial charge is 0.493 e. The van der Waals surface area contributed by atoms with Gasteiger partial charge in [0.1, 0.15) is 6.61 Å². The maximum atomic E-state index is 12.7. The number of rotatable bonds is 6. The standard InChI is InChI=1S/C23H17N3O4S/c1-28-19-12-16(9-10-17(19)30-14-15-6-3-2-4-7-15)13-20-22(27)26-23(31-20)24-21(25-26)18-8-5-11-29-18/h2-13H,14H2,1H3/b20-13-. The minimum Gasteiger partial charge on any atom is -0.493 e. The molecular weight excluding hydrogens is 414 g/mol. The third-order valence-corrected chi connectivity index (χ3v) is 5.61. The van der Waals surface area contributed by atoms with Gasteiger partial charge >= 0.3 is 0 Å². The summed E-state index contributed by atoms with van der Waals surface area (Å²) in [5.74, 6) is 2.14. The molecule has 3 heterocycles. The van der Waals surface area contributed by atoms with E-state index < -0.39 is 0 Å². The first-order valence-electron chi connectivity index (χ1n) is 9.51. The van der Waals surface area contributed by atoms with Gasteiger partial charge in [-0.3, -0.25) is 4.79 Å². The van der Waals surface area contributed by atoms with Crippen molar-refractivity contribution in [2.24, 2.45) is 0 Å². The second-order valence-corrected chi connectivity index (χ2v) is 7.72.